The van der Waals surface area contributed by atoms with Crippen LogP contribution in [0.3, 0.4) is 0 Å². The normalized spacial score (nSPS) is 10.0. The molecule has 0 heterocycles. The summed E-state index contributed by atoms with van der Waals surface area (Å²) in [7, 11) is 0. The van der Waals surface area contributed by atoms with E-state index in [-0.39, 0.29) is 12.8 Å². The Morgan fingerprint density at radius 1 is 1.10 bits per heavy atom. The van der Waals surface area contributed by atoms with Crippen LogP contribution in [0.5, 0.6) is 5.75 Å². The first kappa shape index (κ1) is 14.9. The molecule has 21 heavy (non-hydrogen) atoms. The van der Waals surface area contributed by atoms with E-state index >= 15 is 0 Å². The third kappa shape index (κ3) is 4.53. The van der Waals surface area contributed by atoms with Crippen molar-refractivity contribution in [2.45, 2.75) is 20.3 Å². The Kier molecular flexibility index (Phi) is 5.21. The van der Waals surface area contributed by atoms with E-state index in [1.165, 1.54) is 0 Å². The van der Waals surface area contributed by atoms with Gasteiger partial charge in [0.1, 0.15) is 5.75 Å². The lowest BCUT2D eigenvalue weighted by Crippen LogP contribution is -2.32. The monoisotopic (exact) mass is 284 g/mol. The molecular formula is C17H20N2O2. The molecule has 110 valence electrons. The van der Waals surface area contributed by atoms with Gasteiger partial charge >= 0.3 is 6.03 Å². The lowest BCUT2D eigenvalue weighted by molar-refractivity contribution is 0.234. The molecule has 2 N–H and O–H groups in total. The van der Waals surface area contributed by atoms with Crippen molar-refractivity contribution in [2.24, 2.45) is 0 Å². The number of anilines is 1. The average Bonchev–Trinajstić information content (AvgIpc) is 2.50. The summed E-state index contributed by atoms with van der Waals surface area (Å²) in [6, 6.07) is 15.1. The van der Waals surface area contributed by atoms with Crippen LogP contribution in [0.25, 0.3) is 0 Å². The molecule has 0 bridgehead atoms. The van der Waals surface area contributed by atoms with Crippen molar-refractivity contribution in [3.8, 4) is 5.75 Å². The summed E-state index contributed by atoms with van der Waals surface area (Å²) in [6.07, 6.45) is 0.895. The van der Waals surface area contributed by atoms with E-state index in [9.17, 15) is 4.79 Å². The van der Waals surface area contributed by atoms with Crippen LogP contribution >= 0.6 is 0 Å². The first-order valence-electron chi connectivity index (χ1n) is 7.01. The summed E-state index contributed by atoms with van der Waals surface area (Å²) < 4.78 is 5.58. The molecule has 0 aliphatic rings. The molecule has 0 radical (unpaired) electrons. The molecular weight excluding hydrogens is 264 g/mol. The summed E-state index contributed by atoms with van der Waals surface area (Å²) >= 11 is 0. The molecule has 0 aliphatic heterocycles. The van der Waals surface area contributed by atoms with Crippen molar-refractivity contribution in [3.63, 3.8) is 0 Å². The number of hydrogen-bond donors (Lipinski definition) is 2. The van der Waals surface area contributed by atoms with Crippen LogP contribution in [0.15, 0.2) is 48.5 Å². The van der Waals surface area contributed by atoms with Gasteiger partial charge in [0.05, 0.1) is 0 Å². The molecule has 2 amide bonds. The summed E-state index contributed by atoms with van der Waals surface area (Å²) in [5.74, 6) is 0.802. The molecule has 0 aliphatic carbocycles. The van der Waals surface area contributed by atoms with Gasteiger partial charge in [0, 0.05) is 5.69 Å². The van der Waals surface area contributed by atoms with Gasteiger partial charge in [0.25, 0.3) is 0 Å². The molecule has 0 saturated heterocycles. The van der Waals surface area contributed by atoms with Gasteiger partial charge in [-0.2, -0.15) is 0 Å². The van der Waals surface area contributed by atoms with Crippen LogP contribution < -0.4 is 15.4 Å². The Balaban J connectivity index is 1.80. The highest BCUT2D eigenvalue weighted by Crippen LogP contribution is 2.17. The van der Waals surface area contributed by atoms with Gasteiger partial charge in [-0.1, -0.05) is 42.8 Å². The number of carbonyl (C=O) groups is 1. The molecule has 0 saturated carbocycles. The van der Waals surface area contributed by atoms with E-state index < -0.39 is 0 Å². The molecule has 0 unspecified atom stereocenters. The first-order chi connectivity index (χ1) is 10.2. The van der Waals surface area contributed by atoms with Crippen LogP contribution in [0.4, 0.5) is 10.5 Å². The second-order valence-electron chi connectivity index (χ2n) is 4.75. The second kappa shape index (κ2) is 7.33. The highest BCUT2D eigenvalue weighted by Gasteiger charge is 2.03. The number of nitrogens with one attached hydrogen (secondary N) is 2. The summed E-state index contributed by atoms with van der Waals surface area (Å²) in [5.41, 5.74) is 3.03. The van der Waals surface area contributed by atoms with Gasteiger partial charge in [-0.05, 0) is 37.1 Å². The molecule has 2 aromatic rings. The molecule has 4 heteroatoms. The first-order valence-corrected chi connectivity index (χ1v) is 7.01. The minimum absolute atomic E-state index is 0.134. The second-order valence-corrected chi connectivity index (χ2v) is 4.75. The summed E-state index contributed by atoms with van der Waals surface area (Å²) in [4.78, 5) is 11.7. The maximum Gasteiger partial charge on any atom is 0.321 e. The quantitative estimate of drug-likeness (QED) is 0.822. The average molecular weight is 284 g/mol. The predicted octanol–water partition coefficient (Wildman–Crippen LogP) is 3.72. The van der Waals surface area contributed by atoms with Crippen molar-refractivity contribution in [1.82, 2.24) is 5.32 Å². The zero-order chi connectivity index (χ0) is 15.1. The number of rotatable bonds is 5. The third-order valence-corrected chi connectivity index (χ3v) is 3.12. The lowest BCUT2D eigenvalue weighted by Gasteiger charge is -2.12. The Morgan fingerprint density at radius 2 is 1.81 bits per heavy atom. The van der Waals surface area contributed by atoms with E-state index in [0.717, 1.165) is 29.0 Å². The maximum absolute atomic E-state index is 11.7. The molecule has 0 atom stereocenters. The van der Waals surface area contributed by atoms with Gasteiger partial charge in [-0.15, -0.1) is 0 Å². The molecule has 0 aromatic heterocycles. The predicted molar refractivity (Wildman–Crippen MR) is 84.6 cm³/mol. The molecule has 0 fully saturated rings. The Morgan fingerprint density at radius 3 is 2.52 bits per heavy atom. The van der Waals surface area contributed by atoms with E-state index in [1.807, 2.05) is 55.5 Å². The number of hydrogen-bond acceptors (Lipinski definition) is 2. The van der Waals surface area contributed by atoms with E-state index in [4.69, 9.17) is 4.74 Å². The van der Waals surface area contributed by atoms with E-state index in [0.29, 0.717) is 0 Å². The maximum atomic E-state index is 11.7. The topological polar surface area (TPSA) is 50.4 Å². The van der Waals surface area contributed by atoms with Crippen molar-refractivity contribution < 1.29 is 9.53 Å². The zero-order valence-electron chi connectivity index (χ0n) is 12.3. The number of benzene rings is 2. The highest BCUT2D eigenvalue weighted by molar-refractivity contribution is 5.89. The number of amides is 2. The van der Waals surface area contributed by atoms with Crippen molar-refractivity contribution in [3.05, 3.63) is 59.7 Å². The van der Waals surface area contributed by atoms with Crippen LogP contribution in [0.1, 0.15) is 18.1 Å². The fourth-order valence-electron chi connectivity index (χ4n) is 1.93. The van der Waals surface area contributed by atoms with Crippen LogP contribution in [-0.4, -0.2) is 12.8 Å². The number of ether oxygens (including phenoxy) is 1. The number of aryl methyl sites for hydroxylation is 2. The standard InChI is InChI=1S/C17H20N2O2/c1-3-14-6-4-5-7-16(14)21-12-18-17(20)19-15-10-8-13(2)9-11-15/h4-11H,3,12H2,1-2H3,(H2,18,19,20). The van der Waals surface area contributed by atoms with E-state index in [1.54, 1.807) is 0 Å². The Bertz CT molecular complexity index is 594. The molecule has 2 rings (SSSR count). The van der Waals surface area contributed by atoms with Crippen LogP contribution in [0, 0.1) is 6.92 Å². The lowest BCUT2D eigenvalue weighted by atomic mass is 10.1. The number of urea groups is 1. The van der Waals surface area contributed by atoms with Crippen molar-refractivity contribution >= 4 is 11.7 Å². The number of para-hydroxylation sites is 1. The van der Waals surface area contributed by atoms with E-state index in [2.05, 4.69) is 17.6 Å². The zero-order valence-corrected chi connectivity index (χ0v) is 12.3. The van der Waals surface area contributed by atoms with Crippen molar-refractivity contribution in [1.29, 1.82) is 0 Å². The summed E-state index contributed by atoms with van der Waals surface area (Å²) in [6.45, 7) is 4.21. The van der Waals surface area contributed by atoms with Gasteiger partial charge < -0.3 is 15.4 Å². The van der Waals surface area contributed by atoms with Crippen LogP contribution in [-0.2, 0) is 6.42 Å². The molecule has 0 spiro atoms. The molecule has 4 nitrogen and oxygen atoms in total. The van der Waals surface area contributed by atoms with Gasteiger partial charge in [0.15, 0.2) is 6.73 Å². The largest absolute Gasteiger partial charge is 0.473 e. The SMILES string of the molecule is CCc1ccccc1OCNC(=O)Nc1ccc(C)cc1. The third-order valence-electron chi connectivity index (χ3n) is 3.12. The highest BCUT2D eigenvalue weighted by atomic mass is 16.5. The fraction of sp³-hybridized carbons (Fsp3) is 0.235. The fourth-order valence-corrected chi connectivity index (χ4v) is 1.93. The van der Waals surface area contributed by atoms with Gasteiger partial charge in [-0.3, -0.25) is 0 Å². The molecule has 2 aromatic carbocycles. The van der Waals surface area contributed by atoms with Gasteiger partial charge in [0.2, 0.25) is 0 Å². The van der Waals surface area contributed by atoms with Gasteiger partial charge in [-0.25, -0.2) is 4.79 Å². The van der Waals surface area contributed by atoms with Crippen LogP contribution in [0.2, 0.25) is 0 Å². The Hall–Kier alpha value is -2.49. The minimum Gasteiger partial charge on any atom is -0.473 e. The minimum atomic E-state index is -0.284. The summed E-state index contributed by atoms with van der Waals surface area (Å²) in [5, 5.41) is 5.43. The smallest absolute Gasteiger partial charge is 0.321 e. The number of carbonyl (C=O) groups excluding carboxylic acids is 1. The Labute approximate surface area is 125 Å². The van der Waals surface area contributed by atoms with Crippen molar-refractivity contribution in [2.75, 3.05) is 12.0 Å².